The van der Waals surface area contributed by atoms with Crippen LogP contribution < -0.4 is 10.5 Å². The normalized spacial score (nSPS) is 20.9. The number of hydrogen-bond donors (Lipinski definition) is 1. The molecule has 1 heterocycles. The van der Waals surface area contributed by atoms with Gasteiger partial charge in [0.15, 0.2) is 0 Å². The van der Waals surface area contributed by atoms with Gasteiger partial charge in [-0.3, -0.25) is 0 Å². The Hall–Kier alpha value is -1.09. The summed E-state index contributed by atoms with van der Waals surface area (Å²) in [5.41, 5.74) is 6.99. The highest BCUT2D eigenvalue weighted by Gasteiger charge is 2.40. The van der Waals surface area contributed by atoms with E-state index in [4.69, 9.17) is 10.5 Å². The van der Waals surface area contributed by atoms with Crippen LogP contribution in [0.2, 0.25) is 0 Å². The van der Waals surface area contributed by atoms with Crippen LogP contribution in [0.5, 0.6) is 5.75 Å². The Balaban J connectivity index is 2.36. The quantitative estimate of drug-likeness (QED) is 0.884. The maximum atomic E-state index is 13.5. The van der Waals surface area contributed by atoms with Crippen LogP contribution in [0.1, 0.15) is 58.6 Å². The van der Waals surface area contributed by atoms with Crippen molar-refractivity contribution in [2.24, 2.45) is 17.6 Å². The summed E-state index contributed by atoms with van der Waals surface area (Å²) in [6.07, 6.45) is 2.71. The lowest BCUT2D eigenvalue weighted by atomic mass is 9.77. The molecule has 3 heteroatoms. The number of hydrogen-bond acceptors (Lipinski definition) is 2. The van der Waals surface area contributed by atoms with Crippen LogP contribution in [0.25, 0.3) is 0 Å². The van der Waals surface area contributed by atoms with Gasteiger partial charge in [0.05, 0.1) is 0 Å². The topological polar surface area (TPSA) is 35.2 Å². The summed E-state index contributed by atoms with van der Waals surface area (Å²) in [5.74, 6) is 1.41. The van der Waals surface area contributed by atoms with Gasteiger partial charge in [-0.25, -0.2) is 4.39 Å². The van der Waals surface area contributed by atoms with Crippen molar-refractivity contribution in [2.45, 2.75) is 58.6 Å². The molecule has 1 aromatic rings. The summed E-state index contributed by atoms with van der Waals surface area (Å²) in [5, 5.41) is 0. The third-order valence-electron chi connectivity index (χ3n) is 3.85. The van der Waals surface area contributed by atoms with Crippen LogP contribution in [-0.4, -0.2) is 5.60 Å². The van der Waals surface area contributed by atoms with Crippen molar-refractivity contribution < 1.29 is 9.13 Å². The second-order valence-corrected chi connectivity index (χ2v) is 6.97. The Morgan fingerprint density at radius 1 is 1.25 bits per heavy atom. The summed E-state index contributed by atoms with van der Waals surface area (Å²) in [7, 11) is 0. The molecule has 1 aliphatic heterocycles. The van der Waals surface area contributed by atoms with Crippen LogP contribution in [0.15, 0.2) is 18.2 Å². The van der Waals surface area contributed by atoms with E-state index in [0.717, 1.165) is 24.8 Å². The molecule has 112 valence electrons. The van der Waals surface area contributed by atoms with E-state index < -0.39 is 0 Å². The van der Waals surface area contributed by atoms with E-state index in [0.29, 0.717) is 17.6 Å². The smallest absolute Gasteiger partial charge is 0.127 e. The van der Waals surface area contributed by atoms with Crippen molar-refractivity contribution in [3.8, 4) is 5.75 Å². The molecule has 0 spiro atoms. The van der Waals surface area contributed by atoms with Crippen LogP contribution in [0.4, 0.5) is 4.39 Å². The summed E-state index contributed by atoms with van der Waals surface area (Å²) in [6.45, 7) is 8.77. The zero-order chi connectivity index (χ0) is 14.9. The lowest BCUT2D eigenvalue weighted by Crippen LogP contribution is -2.45. The number of nitrogens with two attached hydrogens (primary N) is 1. The molecule has 0 saturated carbocycles. The van der Waals surface area contributed by atoms with Gasteiger partial charge in [0.2, 0.25) is 0 Å². The van der Waals surface area contributed by atoms with E-state index in [1.54, 1.807) is 6.07 Å². The van der Waals surface area contributed by atoms with E-state index >= 15 is 0 Å². The van der Waals surface area contributed by atoms with Gasteiger partial charge in [-0.05, 0) is 30.7 Å². The number of ether oxygens (including phenoxy) is 1. The van der Waals surface area contributed by atoms with Crippen molar-refractivity contribution in [1.29, 1.82) is 0 Å². The molecule has 0 amide bonds. The number of rotatable bonds is 4. The molecule has 1 aromatic carbocycles. The van der Waals surface area contributed by atoms with E-state index in [1.807, 2.05) is 0 Å². The minimum Gasteiger partial charge on any atom is -0.487 e. The van der Waals surface area contributed by atoms with Gasteiger partial charge in [0, 0.05) is 24.1 Å². The summed E-state index contributed by atoms with van der Waals surface area (Å²) >= 11 is 0. The van der Waals surface area contributed by atoms with Crippen LogP contribution >= 0.6 is 0 Å². The maximum Gasteiger partial charge on any atom is 0.127 e. The lowest BCUT2D eigenvalue weighted by Gasteiger charge is -2.43. The van der Waals surface area contributed by atoms with Crippen LogP contribution in [-0.2, 0) is 0 Å². The van der Waals surface area contributed by atoms with Gasteiger partial charge in [0.25, 0.3) is 0 Å². The number of benzene rings is 1. The highest BCUT2D eigenvalue weighted by atomic mass is 19.1. The first-order valence-corrected chi connectivity index (χ1v) is 7.55. The third kappa shape index (κ3) is 3.32. The molecule has 2 nitrogen and oxygen atoms in total. The minimum absolute atomic E-state index is 0.0724. The molecule has 1 aliphatic rings. The van der Waals surface area contributed by atoms with Crippen molar-refractivity contribution in [3.05, 3.63) is 29.6 Å². The van der Waals surface area contributed by atoms with Crippen LogP contribution in [0.3, 0.4) is 0 Å². The highest BCUT2D eigenvalue weighted by molar-refractivity contribution is 5.39. The second kappa shape index (κ2) is 5.72. The van der Waals surface area contributed by atoms with Gasteiger partial charge in [-0.2, -0.15) is 0 Å². The second-order valence-electron chi connectivity index (χ2n) is 6.97. The van der Waals surface area contributed by atoms with E-state index in [9.17, 15) is 4.39 Å². The van der Waals surface area contributed by atoms with Gasteiger partial charge < -0.3 is 10.5 Å². The van der Waals surface area contributed by atoms with Crippen molar-refractivity contribution in [2.75, 3.05) is 0 Å². The highest BCUT2D eigenvalue weighted by Crippen LogP contribution is 2.44. The average Bonchev–Trinajstić information content (AvgIpc) is 2.25. The summed E-state index contributed by atoms with van der Waals surface area (Å²) in [6, 6.07) is 4.62. The van der Waals surface area contributed by atoms with Gasteiger partial charge in [-0.15, -0.1) is 0 Å². The fourth-order valence-electron chi connectivity index (χ4n) is 3.51. The standard InChI is InChI=1S/C17H26FNO/c1-11(2)8-17(9-12(3)4)10-15(19)14-6-5-13(18)7-16(14)20-17/h5-7,11-12,15H,8-10,19H2,1-4H3/t15-/m1/s1. The molecule has 0 unspecified atom stereocenters. The Morgan fingerprint density at radius 2 is 1.85 bits per heavy atom. The fraction of sp³-hybridized carbons (Fsp3) is 0.647. The Bertz CT molecular complexity index is 460. The van der Waals surface area contributed by atoms with Crippen molar-refractivity contribution in [3.63, 3.8) is 0 Å². The Kier molecular flexibility index (Phi) is 4.38. The maximum absolute atomic E-state index is 13.5. The third-order valence-corrected chi connectivity index (χ3v) is 3.85. The molecule has 0 aromatic heterocycles. The molecule has 0 bridgehead atoms. The van der Waals surface area contributed by atoms with E-state index in [-0.39, 0.29) is 17.5 Å². The fourth-order valence-corrected chi connectivity index (χ4v) is 3.51. The summed E-state index contributed by atoms with van der Waals surface area (Å²) in [4.78, 5) is 0. The molecule has 1 atom stereocenters. The molecule has 0 aliphatic carbocycles. The predicted molar refractivity (Wildman–Crippen MR) is 80.2 cm³/mol. The molecule has 20 heavy (non-hydrogen) atoms. The minimum atomic E-state index is -0.263. The van der Waals surface area contributed by atoms with Gasteiger partial charge in [-0.1, -0.05) is 33.8 Å². The first kappa shape index (κ1) is 15.3. The first-order chi connectivity index (χ1) is 9.31. The Labute approximate surface area is 121 Å². The molecular weight excluding hydrogens is 253 g/mol. The zero-order valence-corrected chi connectivity index (χ0v) is 12.9. The average molecular weight is 279 g/mol. The van der Waals surface area contributed by atoms with Crippen molar-refractivity contribution in [1.82, 2.24) is 0 Å². The van der Waals surface area contributed by atoms with Crippen LogP contribution in [0, 0.1) is 17.7 Å². The van der Waals surface area contributed by atoms with Gasteiger partial charge in [0.1, 0.15) is 17.2 Å². The van der Waals surface area contributed by atoms with E-state index in [1.165, 1.54) is 12.1 Å². The molecule has 0 saturated heterocycles. The lowest BCUT2D eigenvalue weighted by molar-refractivity contribution is -0.00188. The summed E-state index contributed by atoms with van der Waals surface area (Å²) < 4.78 is 19.8. The first-order valence-electron chi connectivity index (χ1n) is 7.55. The number of fused-ring (bicyclic) bond motifs is 1. The molecule has 2 rings (SSSR count). The van der Waals surface area contributed by atoms with Gasteiger partial charge >= 0.3 is 0 Å². The van der Waals surface area contributed by atoms with Crippen molar-refractivity contribution >= 4 is 0 Å². The Morgan fingerprint density at radius 3 is 2.40 bits per heavy atom. The largest absolute Gasteiger partial charge is 0.487 e. The molecule has 2 N–H and O–H groups in total. The predicted octanol–water partition coefficient (Wildman–Crippen LogP) is 4.44. The SMILES string of the molecule is CC(C)CC1(CC(C)C)C[C@@H](N)c2ccc(F)cc2O1. The number of halogens is 1. The zero-order valence-electron chi connectivity index (χ0n) is 12.9. The molecular formula is C17H26FNO. The molecule has 0 radical (unpaired) electrons. The monoisotopic (exact) mass is 279 g/mol. The van der Waals surface area contributed by atoms with E-state index in [2.05, 4.69) is 27.7 Å². The molecule has 0 fully saturated rings.